The predicted octanol–water partition coefficient (Wildman–Crippen LogP) is 3.04. The molecule has 1 unspecified atom stereocenters. The lowest BCUT2D eigenvalue weighted by atomic mass is 10.1. The first-order valence-corrected chi connectivity index (χ1v) is 7.87. The Morgan fingerprint density at radius 1 is 0.950 bits per heavy atom. The summed E-state index contributed by atoms with van der Waals surface area (Å²) in [4.78, 5) is 12.5. The molecule has 2 aromatic carbocycles. The number of carbonyl (C=O) groups is 1. The minimum absolute atomic E-state index is 0.174. The second kappa shape index (κ2) is 5.59. The van der Waals surface area contributed by atoms with Gasteiger partial charge in [0, 0.05) is 5.56 Å². The van der Waals surface area contributed by atoms with Gasteiger partial charge in [-0.3, -0.25) is 4.79 Å². The van der Waals surface area contributed by atoms with Crippen molar-refractivity contribution in [1.82, 2.24) is 0 Å². The first-order valence-electron chi connectivity index (χ1n) is 6.33. The highest BCUT2D eigenvalue weighted by Crippen LogP contribution is 2.19. The van der Waals surface area contributed by atoms with Crippen LogP contribution in [0.25, 0.3) is 0 Å². The van der Waals surface area contributed by atoms with Crippen LogP contribution in [0.2, 0.25) is 0 Å². The van der Waals surface area contributed by atoms with E-state index in [1.807, 2.05) is 6.92 Å². The molecule has 2 rings (SSSR count). The summed E-state index contributed by atoms with van der Waals surface area (Å²) in [6.45, 7) is 3.35. The summed E-state index contributed by atoms with van der Waals surface area (Å²) in [6, 6.07) is 15.0. The van der Waals surface area contributed by atoms with Crippen LogP contribution in [0.4, 0.5) is 0 Å². The van der Waals surface area contributed by atoms with Gasteiger partial charge in [0.25, 0.3) is 0 Å². The molecule has 0 radical (unpaired) electrons. The largest absolute Gasteiger partial charge is 0.293 e. The van der Waals surface area contributed by atoms with E-state index in [-0.39, 0.29) is 10.7 Å². The number of rotatable bonds is 4. The molecule has 3 nitrogen and oxygen atoms in total. The van der Waals surface area contributed by atoms with E-state index in [0.717, 1.165) is 5.56 Å². The zero-order valence-electron chi connectivity index (χ0n) is 11.4. The standard InChI is InChI=1S/C16H16O3S/c1-12-8-10-14(11-9-12)16(17)13(2)20(18,19)15-6-4-3-5-7-15/h3-11,13H,1-2H3. The van der Waals surface area contributed by atoms with Crippen molar-refractivity contribution in [2.75, 3.05) is 0 Å². The van der Waals surface area contributed by atoms with E-state index in [9.17, 15) is 13.2 Å². The molecule has 0 amide bonds. The van der Waals surface area contributed by atoms with Gasteiger partial charge < -0.3 is 0 Å². The Kier molecular flexibility index (Phi) is 4.04. The van der Waals surface area contributed by atoms with Gasteiger partial charge in [-0.25, -0.2) is 8.42 Å². The van der Waals surface area contributed by atoms with Gasteiger partial charge in [-0.2, -0.15) is 0 Å². The number of hydrogen-bond acceptors (Lipinski definition) is 3. The quantitative estimate of drug-likeness (QED) is 0.813. The maximum Gasteiger partial charge on any atom is 0.188 e. The average Bonchev–Trinajstić information content (AvgIpc) is 2.47. The van der Waals surface area contributed by atoms with E-state index in [2.05, 4.69) is 0 Å². The summed E-state index contributed by atoms with van der Waals surface area (Å²) in [5, 5.41) is -1.09. The Labute approximate surface area is 119 Å². The number of carbonyl (C=O) groups excluding carboxylic acids is 1. The fraction of sp³-hybridized carbons (Fsp3) is 0.188. The van der Waals surface area contributed by atoms with Crippen molar-refractivity contribution in [3.63, 3.8) is 0 Å². The van der Waals surface area contributed by atoms with Crippen molar-refractivity contribution >= 4 is 15.6 Å². The van der Waals surface area contributed by atoms with Gasteiger partial charge in [0.1, 0.15) is 5.25 Å². The monoisotopic (exact) mass is 288 g/mol. The topological polar surface area (TPSA) is 51.2 Å². The Hall–Kier alpha value is -1.94. The van der Waals surface area contributed by atoms with Crippen molar-refractivity contribution in [3.05, 3.63) is 65.7 Å². The second-order valence-electron chi connectivity index (χ2n) is 4.73. The summed E-state index contributed by atoms with van der Waals surface area (Å²) in [5.41, 5.74) is 1.45. The Morgan fingerprint density at radius 3 is 2.05 bits per heavy atom. The van der Waals surface area contributed by atoms with Gasteiger partial charge in [0.05, 0.1) is 4.90 Å². The smallest absolute Gasteiger partial charge is 0.188 e. The lowest BCUT2D eigenvalue weighted by molar-refractivity contribution is 0.0991. The minimum atomic E-state index is -3.65. The Balaban J connectivity index is 2.33. The molecule has 0 fully saturated rings. The van der Waals surface area contributed by atoms with Crippen LogP contribution in [0.5, 0.6) is 0 Å². The summed E-state index contributed by atoms with van der Waals surface area (Å²) in [5.74, 6) is -0.381. The van der Waals surface area contributed by atoms with Crippen molar-refractivity contribution in [3.8, 4) is 0 Å². The number of aryl methyl sites for hydroxylation is 1. The molecule has 0 saturated carbocycles. The van der Waals surface area contributed by atoms with Crippen LogP contribution in [0.1, 0.15) is 22.8 Å². The zero-order valence-corrected chi connectivity index (χ0v) is 12.2. The van der Waals surface area contributed by atoms with Crippen LogP contribution in [-0.2, 0) is 9.84 Å². The van der Waals surface area contributed by atoms with Crippen molar-refractivity contribution in [2.45, 2.75) is 24.0 Å². The number of ketones is 1. The maximum atomic E-state index is 12.4. The zero-order chi connectivity index (χ0) is 14.8. The van der Waals surface area contributed by atoms with Crippen molar-refractivity contribution in [2.24, 2.45) is 0 Å². The molecule has 0 spiro atoms. The fourth-order valence-corrected chi connectivity index (χ4v) is 3.27. The van der Waals surface area contributed by atoms with Crippen LogP contribution in [0, 0.1) is 6.92 Å². The molecular formula is C16H16O3S. The van der Waals surface area contributed by atoms with Gasteiger partial charge in [-0.1, -0.05) is 48.0 Å². The number of sulfone groups is 1. The molecule has 1 atom stereocenters. The highest BCUT2D eigenvalue weighted by atomic mass is 32.2. The van der Waals surface area contributed by atoms with Crippen LogP contribution in [-0.4, -0.2) is 19.5 Å². The van der Waals surface area contributed by atoms with Gasteiger partial charge in [0.2, 0.25) is 0 Å². The highest BCUT2D eigenvalue weighted by molar-refractivity contribution is 7.92. The molecular weight excluding hydrogens is 272 g/mol. The van der Waals surface area contributed by atoms with E-state index in [0.29, 0.717) is 5.56 Å². The van der Waals surface area contributed by atoms with E-state index in [1.54, 1.807) is 42.5 Å². The SMILES string of the molecule is Cc1ccc(C(=O)C(C)S(=O)(=O)c2ccccc2)cc1. The van der Waals surface area contributed by atoms with E-state index >= 15 is 0 Å². The molecule has 0 aliphatic heterocycles. The molecule has 0 aliphatic rings. The molecule has 0 heterocycles. The molecule has 0 bridgehead atoms. The molecule has 2 aromatic rings. The lowest BCUT2D eigenvalue weighted by Crippen LogP contribution is -2.27. The highest BCUT2D eigenvalue weighted by Gasteiger charge is 2.30. The number of hydrogen-bond donors (Lipinski definition) is 0. The normalized spacial score (nSPS) is 12.9. The maximum absolute atomic E-state index is 12.4. The summed E-state index contributed by atoms with van der Waals surface area (Å²) < 4.78 is 24.8. The van der Waals surface area contributed by atoms with Crippen LogP contribution in [0.3, 0.4) is 0 Å². The Morgan fingerprint density at radius 2 is 1.50 bits per heavy atom. The average molecular weight is 288 g/mol. The third kappa shape index (κ3) is 2.80. The van der Waals surface area contributed by atoms with Crippen molar-refractivity contribution in [1.29, 1.82) is 0 Å². The minimum Gasteiger partial charge on any atom is -0.293 e. The second-order valence-corrected chi connectivity index (χ2v) is 7.00. The third-order valence-electron chi connectivity index (χ3n) is 3.24. The molecule has 0 aromatic heterocycles. The van der Waals surface area contributed by atoms with Crippen molar-refractivity contribution < 1.29 is 13.2 Å². The van der Waals surface area contributed by atoms with Crippen LogP contribution in [0.15, 0.2) is 59.5 Å². The van der Waals surface area contributed by atoms with E-state index in [4.69, 9.17) is 0 Å². The molecule has 20 heavy (non-hydrogen) atoms. The summed E-state index contributed by atoms with van der Waals surface area (Å²) in [6.07, 6.45) is 0. The fourth-order valence-electron chi connectivity index (χ4n) is 1.91. The molecule has 4 heteroatoms. The molecule has 104 valence electrons. The first kappa shape index (κ1) is 14.5. The molecule has 0 N–H and O–H groups in total. The molecule has 0 aliphatic carbocycles. The van der Waals surface area contributed by atoms with Crippen LogP contribution < -0.4 is 0 Å². The first-order chi connectivity index (χ1) is 9.43. The van der Waals surface area contributed by atoms with Crippen LogP contribution >= 0.6 is 0 Å². The number of Topliss-reactive ketones (excluding diaryl/α,β-unsaturated/α-hetero) is 1. The number of benzene rings is 2. The van der Waals surface area contributed by atoms with E-state index < -0.39 is 15.1 Å². The molecule has 0 saturated heterocycles. The summed E-state index contributed by atoms with van der Waals surface area (Å²) in [7, 11) is -3.65. The van der Waals surface area contributed by atoms with E-state index in [1.165, 1.54) is 19.1 Å². The lowest BCUT2D eigenvalue weighted by Gasteiger charge is -2.12. The summed E-state index contributed by atoms with van der Waals surface area (Å²) >= 11 is 0. The van der Waals surface area contributed by atoms with Gasteiger partial charge in [-0.15, -0.1) is 0 Å². The third-order valence-corrected chi connectivity index (χ3v) is 5.32. The Bertz CT molecular complexity index is 701. The van der Waals surface area contributed by atoms with Gasteiger partial charge in [0.15, 0.2) is 15.6 Å². The van der Waals surface area contributed by atoms with Gasteiger partial charge in [-0.05, 0) is 26.0 Å². The van der Waals surface area contributed by atoms with Gasteiger partial charge >= 0.3 is 0 Å². The predicted molar refractivity (Wildman–Crippen MR) is 78.6 cm³/mol.